The number of fused-ring (bicyclic) bond motifs is 3. The van der Waals surface area contributed by atoms with Crippen molar-refractivity contribution in [3.8, 4) is 39.0 Å². The molecule has 174 valence electrons. The van der Waals surface area contributed by atoms with Crippen molar-refractivity contribution in [1.29, 1.82) is 0 Å². The number of nitrogens with zero attached hydrogens (tertiary/aromatic N) is 5. The molecule has 1 aliphatic carbocycles. The quantitative estimate of drug-likeness (QED) is 0.415. The molecule has 1 unspecified atom stereocenters. The van der Waals surface area contributed by atoms with E-state index in [9.17, 15) is 4.79 Å². The Morgan fingerprint density at radius 3 is 2.79 bits per heavy atom. The van der Waals surface area contributed by atoms with Gasteiger partial charge in [-0.1, -0.05) is 26.7 Å². The number of hydrogen-bond acceptors (Lipinski definition) is 7. The molecule has 0 spiro atoms. The van der Waals surface area contributed by atoms with E-state index in [-0.39, 0.29) is 11.5 Å². The van der Waals surface area contributed by atoms with E-state index >= 15 is 0 Å². The average Bonchev–Trinajstić information content (AvgIpc) is 3.26. The molecule has 1 atom stereocenters. The lowest BCUT2D eigenvalue weighted by Gasteiger charge is -2.34. The molecule has 0 amide bonds. The van der Waals surface area contributed by atoms with Crippen LogP contribution >= 0.6 is 11.3 Å². The lowest BCUT2D eigenvalue weighted by atomic mass is 9.86. The Balaban J connectivity index is 1.49. The monoisotopic (exact) mass is 474 g/mol. The van der Waals surface area contributed by atoms with E-state index in [2.05, 4.69) is 56.2 Å². The van der Waals surface area contributed by atoms with Crippen LogP contribution in [0.15, 0.2) is 40.8 Å². The molecule has 3 aromatic heterocycles. The number of thiazole rings is 1. The molecule has 0 radical (unpaired) electrons. The highest BCUT2D eigenvalue weighted by atomic mass is 32.1. The normalized spacial score (nSPS) is 17.0. The maximum absolute atomic E-state index is 13.1. The number of rotatable bonds is 7. The SMILES string of the molecule is CC(C)C1Cc2cc(OCCC3CC3)c(-c3nccs3)cc2-c2cc(=O)c(-c3nnn[nH]3)cn21. The molecule has 4 heterocycles. The van der Waals surface area contributed by atoms with Gasteiger partial charge in [-0.2, -0.15) is 0 Å². The number of aromatic nitrogens is 6. The van der Waals surface area contributed by atoms with Crippen LogP contribution < -0.4 is 10.2 Å². The maximum Gasteiger partial charge on any atom is 0.193 e. The minimum atomic E-state index is -0.110. The van der Waals surface area contributed by atoms with Crippen LogP contribution in [0, 0.1) is 11.8 Å². The Bertz CT molecular complexity index is 1370. The first-order valence-electron chi connectivity index (χ1n) is 11.8. The summed E-state index contributed by atoms with van der Waals surface area (Å²) in [5.41, 5.74) is 4.51. The largest absolute Gasteiger partial charge is 0.493 e. The van der Waals surface area contributed by atoms with Crippen LogP contribution in [0.4, 0.5) is 0 Å². The van der Waals surface area contributed by atoms with E-state index in [4.69, 9.17) is 4.74 Å². The van der Waals surface area contributed by atoms with E-state index in [0.29, 0.717) is 17.3 Å². The number of aromatic amines is 1. The Labute approximate surface area is 201 Å². The third-order valence-corrected chi connectivity index (χ3v) is 7.67. The maximum atomic E-state index is 13.1. The predicted octanol–water partition coefficient (Wildman–Crippen LogP) is 4.75. The van der Waals surface area contributed by atoms with Crippen LogP contribution in [0.25, 0.3) is 33.2 Å². The van der Waals surface area contributed by atoms with E-state index in [1.54, 1.807) is 17.4 Å². The summed E-state index contributed by atoms with van der Waals surface area (Å²) in [6, 6.07) is 6.24. The summed E-state index contributed by atoms with van der Waals surface area (Å²) in [5, 5.41) is 16.9. The molecule has 1 aromatic carbocycles. The van der Waals surface area contributed by atoms with Gasteiger partial charge in [0.15, 0.2) is 11.3 Å². The van der Waals surface area contributed by atoms with Gasteiger partial charge in [-0.15, -0.1) is 16.4 Å². The fraction of sp³-hybridized carbons (Fsp3) is 0.400. The molecular weight excluding hydrogens is 448 g/mol. The van der Waals surface area contributed by atoms with Crippen LogP contribution in [0.1, 0.15) is 44.7 Å². The van der Waals surface area contributed by atoms with E-state index in [0.717, 1.165) is 52.9 Å². The molecule has 0 bridgehead atoms. The number of benzene rings is 1. The van der Waals surface area contributed by atoms with Crippen molar-refractivity contribution < 1.29 is 4.74 Å². The first kappa shape index (κ1) is 21.2. The molecule has 4 aromatic rings. The Morgan fingerprint density at radius 1 is 1.21 bits per heavy atom. The molecule has 2 aliphatic rings. The van der Waals surface area contributed by atoms with Gasteiger partial charge in [0.2, 0.25) is 0 Å². The number of ether oxygens (including phenoxy) is 1. The highest BCUT2D eigenvalue weighted by Crippen LogP contribution is 2.44. The second-order valence-electron chi connectivity index (χ2n) is 9.53. The molecule has 1 fully saturated rings. The molecule has 8 nitrogen and oxygen atoms in total. The van der Waals surface area contributed by atoms with Crippen LogP contribution in [-0.4, -0.2) is 36.8 Å². The summed E-state index contributed by atoms with van der Waals surface area (Å²) < 4.78 is 8.54. The van der Waals surface area contributed by atoms with Crippen LogP contribution in [-0.2, 0) is 6.42 Å². The van der Waals surface area contributed by atoms with Gasteiger partial charge in [0.05, 0.1) is 23.4 Å². The lowest BCUT2D eigenvalue weighted by Crippen LogP contribution is -2.26. The molecule has 34 heavy (non-hydrogen) atoms. The summed E-state index contributed by atoms with van der Waals surface area (Å²) in [6.07, 6.45) is 8.31. The lowest BCUT2D eigenvalue weighted by molar-refractivity contribution is 0.302. The fourth-order valence-electron chi connectivity index (χ4n) is 4.79. The van der Waals surface area contributed by atoms with Crippen molar-refractivity contribution in [3.63, 3.8) is 0 Å². The molecular formula is C25H26N6O2S. The Kier molecular flexibility index (Phi) is 5.28. The van der Waals surface area contributed by atoms with Gasteiger partial charge >= 0.3 is 0 Å². The van der Waals surface area contributed by atoms with Crippen molar-refractivity contribution in [1.82, 2.24) is 30.2 Å². The van der Waals surface area contributed by atoms with Gasteiger partial charge in [-0.3, -0.25) is 4.79 Å². The zero-order chi connectivity index (χ0) is 23.2. The molecule has 9 heteroatoms. The summed E-state index contributed by atoms with van der Waals surface area (Å²) in [4.78, 5) is 17.7. The third-order valence-electron chi connectivity index (χ3n) is 6.86. The molecule has 1 saturated carbocycles. The fourth-order valence-corrected chi connectivity index (χ4v) is 5.44. The summed E-state index contributed by atoms with van der Waals surface area (Å²) in [7, 11) is 0. The topological polar surface area (TPSA) is 98.6 Å². The van der Waals surface area contributed by atoms with Gasteiger partial charge < -0.3 is 9.30 Å². The Morgan fingerprint density at radius 2 is 2.09 bits per heavy atom. The summed E-state index contributed by atoms with van der Waals surface area (Å²) in [6.45, 7) is 5.15. The first-order valence-corrected chi connectivity index (χ1v) is 12.7. The zero-order valence-electron chi connectivity index (χ0n) is 19.2. The van der Waals surface area contributed by atoms with Crippen molar-refractivity contribution in [3.05, 3.63) is 51.8 Å². The number of hydrogen-bond donors (Lipinski definition) is 1. The predicted molar refractivity (Wildman–Crippen MR) is 131 cm³/mol. The molecule has 0 saturated heterocycles. The highest BCUT2D eigenvalue weighted by Gasteiger charge is 2.29. The van der Waals surface area contributed by atoms with E-state index in [1.807, 2.05) is 17.8 Å². The summed E-state index contributed by atoms with van der Waals surface area (Å²) in [5.74, 6) is 2.46. The van der Waals surface area contributed by atoms with Crippen molar-refractivity contribution in [2.45, 2.75) is 45.6 Å². The summed E-state index contributed by atoms with van der Waals surface area (Å²) >= 11 is 1.60. The smallest absolute Gasteiger partial charge is 0.193 e. The van der Waals surface area contributed by atoms with Crippen molar-refractivity contribution in [2.24, 2.45) is 11.8 Å². The van der Waals surface area contributed by atoms with E-state index in [1.165, 1.54) is 18.4 Å². The van der Waals surface area contributed by atoms with Gasteiger partial charge in [-0.25, -0.2) is 10.1 Å². The molecule has 1 N–H and O–H groups in total. The van der Waals surface area contributed by atoms with Crippen LogP contribution in [0.5, 0.6) is 5.75 Å². The van der Waals surface area contributed by atoms with Crippen LogP contribution in [0.2, 0.25) is 0 Å². The number of nitrogens with one attached hydrogen (secondary N) is 1. The highest BCUT2D eigenvalue weighted by molar-refractivity contribution is 7.13. The van der Waals surface area contributed by atoms with Crippen molar-refractivity contribution in [2.75, 3.05) is 6.61 Å². The molecule has 6 rings (SSSR count). The van der Waals surface area contributed by atoms with Gasteiger partial charge in [0.1, 0.15) is 10.8 Å². The third kappa shape index (κ3) is 3.83. The minimum absolute atomic E-state index is 0.110. The minimum Gasteiger partial charge on any atom is -0.493 e. The van der Waals surface area contributed by atoms with Gasteiger partial charge in [-0.05, 0) is 52.8 Å². The average molecular weight is 475 g/mol. The Hall–Kier alpha value is -3.33. The second-order valence-corrected chi connectivity index (χ2v) is 10.4. The molecule has 1 aliphatic heterocycles. The zero-order valence-corrected chi connectivity index (χ0v) is 20.0. The van der Waals surface area contributed by atoms with Gasteiger partial charge in [0.25, 0.3) is 0 Å². The van der Waals surface area contributed by atoms with Crippen molar-refractivity contribution >= 4 is 11.3 Å². The number of H-pyrrole nitrogens is 1. The van der Waals surface area contributed by atoms with Crippen LogP contribution in [0.3, 0.4) is 0 Å². The first-order chi connectivity index (χ1) is 16.6. The van der Waals surface area contributed by atoms with E-state index < -0.39 is 0 Å². The van der Waals surface area contributed by atoms with Gasteiger partial charge in [0, 0.05) is 35.4 Å². The number of pyridine rings is 1. The standard InChI is InChI=1S/C25H26N6O2S/c1-14(2)20-9-16-10-23(33-7-5-15-3-4-15)18(25-26-6-8-34-25)11-17(16)21-12-22(32)19(13-31(20)21)24-27-29-30-28-24/h6,8,10-15,20H,3-5,7,9H2,1-2H3,(H,27,28,29,30). The number of tetrazole rings is 1. The second kappa shape index (κ2) is 8.47.